The monoisotopic (exact) mass is 490 g/mol. The number of ether oxygens (including phenoxy) is 2. The van der Waals surface area contributed by atoms with Crippen molar-refractivity contribution >= 4 is 38.9 Å². The number of nitrogens with zero attached hydrogens (tertiary/aromatic N) is 3. The maximum absolute atomic E-state index is 12.8. The quantitative estimate of drug-likeness (QED) is 0.348. The predicted octanol–water partition coefficient (Wildman–Crippen LogP) is 4.24. The third-order valence-electron chi connectivity index (χ3n) is 5.07. The van der Waals surface area contributed by atoms with E-state index in [0.717, 1.165) is 11.3 Å². The van der Waals surface area contributed by atoms with E-state index in [2.05, 4.69) is 30.3 Å². The molecule has 4 aromatic rings. The van der Waals surface area contributed by atoms with Crippen LogP contribution < -0.4 is 24.8 Å². The van der Waals surface area contributed by atoms with Gasteiger partial charge in [0.15, 0.2) is 11.5 Å². The summed E-state index contributed by atoms with van der Waals surface area (Å²) >= 11 is 0. The van der Waals surface area contributed by atoms with Gasteiger partial charge in [0, 0.05) is 29.7 Å². The normalized spacial score (nSPS) is 12.6. The van der Waals surface area contributed by atoms with Gasteiger partial charge in [0.25, 0.3) is 10.0 Å². The molecule has 0 amide bonds. The summed E-state index contributed by atoms with van der Waals surface area (Å²) < 4.78 is 39.2. The zero-order chi connectivity index (χ0) is 24.3. The van der Waals surface area contributed by atoms with Crippen LogP contribution in [0.3, 0.4) is 0 Å². The summed E-state index contributed by atoms with van der Waals surface area (Å²) in [4.78, 5) is 12.8. The minimum atomic E-state index is -3.80. The van der Waals surface area contributed by atoms with Crippen LogP contribution in [0.1, 0.15) is 5.56 Å². The molecule has 10 nitrogen and oxygen atoms in total. The maximum atomic E-state index is 12.8. The van der Waals surface area contributed by atoms with Crippen molar-refractivity contribution in [1.82, 2.24) is 15.0 Å². The summed E-state index contributed by atoms with van der Waals surface area (Å²) in [7, 11) is -3.80. The Labute approximate surface area is 202 Å². The van der Waals surface area contributed by atoms with Gasteiger partial charge in [-0.25, -0.2) is 23.4 Å². The molecule has 3 N–H and O–H groups in total. The molecular weight excluding hydrogens is 468 g/mol. The molecule has 1 aliphatic rings. The first kappa shape index (κ1) is 22.4. The van der Waals surface area contributed by atoms with Crippen LogP contribution in [-0.2, 0) is 10.0 Å². The Balaban J connectivity index is 1.25. The van der Waals surface area contributed by atoms with Crippen molar-refractivity contribution < 1.29 is 17.9 Å². The second kappa shape index (κ2) is 9.47. The summed E-state index contributed by atoms with van der Waals surface area (Å²) in [6.45, 7) is 2.80. The smallest absolute Gasteiger partial charge is 0.262 e. The van der Waals surface area contributed by atoms with Crippen molar-refractivity contribution in [1.29, 1.82) is 0 Å². The molecule has 0 unspecified atom stereocenters. The van der Waals surface area contributed by atoms with Gasteiger partial charge in [-0.2, -0.15) is 0 Å². The van der Waals surface area contributed by atoms with Crippen molar-refractivity contribution in [3.63, 3.8) is 0 Å². The topological polar surface area (TPSA) is 127 Å². The molecule has 0 radical (unpaired) electrons. The van der Waals surface area contributed by atoms with E-state index in [9.17, 15) is 8.42 Å². The standard InChI is InChI=1S/C24H22N6O4S/c1-16-8-9-25-22(12-16)29-24-14-23(26-15-27-24)28-17-2-4-18(5-3-17)30-35(31,32)19-6-7-20-21(13-19)34-11-10-33-20/h2-9,12-15,30H,10-11H2,1H3,(H2,25,26,27,28,29). The van der Waals surface area contributed by atoms with Crippen LogP contribution >= 0.6 is 0 Å². The number of aromatic nitrogens is 3. The van der Waals surface area contributed by atoms with Crippen LogP contribution in [0.25, 0.3) is 0 Å². The van der Waals surface area contributed by atoms with E-state index in [0.29, 0.717) is 47.9 Å². The van der Waals surface area contributed by atoms with E-state index in [4.69, 9.17) is 9.47 Å². The Hall–Kier alpha value is -4.38. The average molecular weight is 491 g/mol. The Kier molecular flexibility index (Phi) is 6.06. The number of nitrogens with one attached hydrogen (secondary N) is 3. The summed E-state index contributed by atoms with van der Waals surface area (Å²) in [5.41, 5.74) is 2.23. The minimum absolute atomic E-state index is 0.0908. The molecule has 0 bridgehead atoms. The van der Waals surface area contributed by atoms with Crippen molar-refractivity contribution in [2.45, 2.75) is 11.8 Å². The lowest BCUT2D eigenvalue weighted by molar-refractivity contribution is 0.171. The van der Waals surface area contributed by atoms with Gasteiger partial charge in [0.2, 0.25) is 0 Å². The van der Waals surface area contributed by atoms with Crippen molar-refractivity contribution in [3.8, 4) is 11.5 Å². The highest BCUT2D eigenvalue weighted by molar-refractivity contribution is 7.92. The lowest BCUT2D eigenvalue weighted by Crippen LogP contribution is -2.17. The summed E-state index contributed by atoms with van der Waals surface area (Å²) in [6, 6.07) is 16.9. The van der Waals surface area contributed by atoms with E-state index in [1.165, 1.54) is 18.5 Å². The van der Waals surface area contributed by atoms with Gasteiger partial charge < -0.3 is 20.1 Å². The molecule has 1 aliphatic heterocycles. The molecule has 3 heterocycles. The number of benzene rings is 2. The van der Waals surface area contributed by atoms with Crippen molar-refractivity contribution in [3.05, 3.63) is 78.8 Å². The Morgan fingerprint density at radius 1 is 0.743 bits per heavy atom. The highest BCUT2D eigenvalue weighted by Crippen LogP contribution is 2.33. The lowest BCUT2D eigenvalue weighted by atomic mass is 10.3. The number of fused-ring (bicyclic) bond motifs is 1. The van der Waals surface area contributed by atoms with Gasteiger partial charge in [0.05, 0.1) is 4.90 Å². The molecule has 178 valence electrons. The molecule has 2 aromatic heterocycles. The molecular formula is C24H22N6O4S. The van der Waals surface area contributed by atoms with Gasteiger partial charge in [-0.15, -0.1) is 0 Å². The van der Waals surface area contributed by atoms with E-state index in [-0.39, 0.29) is 4.90 Å². The largest absolute Gasteiger partial charge is 0.486 e. The first-order valence-electron chi connectivity index (χ1n) is 10.8. The van der Waals surface area contributed by atoms with Gasteiger partial charge >= 0.3 is 0 Å². The fourth-order valence-electron chi connectivity index (χ4n) is 3.40. The molecule has 2 aromatic carbocycles. The van der Waals surface area contributed by atoms with Crippen LogP contribution in [0.4, 0.5) is 28.8 Å². The Bertz CT molecular complexity index is 1460. The van der Waals surface area contributed by atoms with E-state index < -0.39 is 10.0 Å². The number of anilines is 5. The minimum Gasteiger partial charge on any atom is -0.486 e. The van der Waals surface area contributed by atoms with Crippen molar-refractivity contribution in [2.75, 3.05) is 28.6 Å². The number of aryl methyl sites for hydroxylation is 1. The lowest BCUT2D eigenvalue weighted by Gasteiger charge is -2.19. The highest BCUT2D eigenvalue weighted by atomic mass is 32.2. The first-order chi connectivity index (χ1) is 16.9. The third-order valence-corrected chi connectivity index (χ3v) is 6.45. The average Bonchev–Trinajstić information content (AvgIpc) is 2.85. The number of pyridine rings is 1. The molecule has 35 heavy (non-hydrogen) atoms. The number of hydrogen-bond donors (Lipinski definition) is 3. The fourth-order valence-corrected chi connectivity index (χ4v) is 4.48. The molecule has 0 spiro atoms. The van der Waals surface area contributed by atoms with Crippen LogP contribution in [-0.4, -0.2) is 36.6 Å². The van der Waals surface area contributed by atoms with Gasteiger partial charge in [-0.1, -0.05) is 0 Å². The predicted molar refractivity (Wildman–Crippen MR) is 132 cm³/mol. The molecule has 0 aliphatic carbocycles. The van der Waals surface area contributed by atoms with Gasteiger partial charge in [0.1, 0.15) is 37.0 Å². The Morgan fingerprint density at radius 2 is 1.43 bits per heavy atom. The highest BCUT2D eigenvalue weighted by Gasteiger charge is 2.19. The maximum Gasteiger partial charge on any atom is 0.262 e. The third kappa shape index (κ3) is 5.41. The summed E-state index contributed by atoms with van der Waals surface area (Å²) in [5.74, 6) is 2.79. The molecule has 0 fully saturated rings. The number of sulfonamides is 1. The number of rotatable bonds is 7. The fraction of sp³-hybridized carbons (Fsp3) is 0.125. The molecule has 0 saturated carbocycles. The zero-order valence-electron chi connectivity index (χ0n) is 18.7. The zero-order valence-corrected chi connectivity index (χ0v) is 19.5. The molecule has 11 heteroatoms. The first-order valence-corrected chi connectivity index (χ1v) is 12.2. The van der Waals surface area contributed by atoms with Crippen LogP contribution in [0, 0.1) is 6.92 Å². The molecule has 0 atom stereocenters. The second-order valence-corrected chi connectivity index (χ2v) is 9.43. The van der Waals surface area contributed by atoms with E-state index >= 15 is 0 Å². The number of hydrogen-bond acceptors (Lipinski definition) is 9. The van der Waals surface area contributed by atoms with Crippen LogP contribution in [0.15, 0.2) is 78.1 Å². The van der Waals surface area contributed by atoms with Crippen LogP contribution in [0.5, 0.6) is 11.5 Å². The second-order valence-electron chi connectivity index (χ2n) is 7.75. The SMILES string of the molecule is Cc1ccnc(Nc2cc(Nc3ccc(NS(=O)(=O)c4ccc5c(c4)OCCO5)cc3)ncn2)c1. The van der Waals surface area contributed by atoms with E-state index in [1.807, 2.05) is 19.1 Å². The summed E-state index contributed by atoms with van der Waals surface area (Å²) in [6.07, 6.45) is 3.16. The van der Waals surface area contributed by atoms with E-state index in [1.54, 1.807) is 42.6 Å². The van der Waals surface area contributed by atoms with Crippen molar-refractivity contribution in [2.24, 2.45) is 0 Å². The van der Waals surface area contributed by atoms with Gasteiger partial charge in [-0.05, 0) is 61.0 Å². The molecule has 5 rings (SSSR count). The van der Waals surface area contributed by atoms with Gasteiger partial charge in [-0.3, -0.25) is 4.72 Å². The van der Waals surface area contributed by atoms with Crippen LogP contribution in [0.2, 0.25) is 0 Å². The molecule has 0 saturated heterocycles. The summed E-state index contributed by atoms with van der Waals surface area (Å²) in [5, 5.41) is 6.32. The Morgan fingerprint density at radius 3 is 2.20 bits per heavy atom.